The highest BCUT2D eigenvalue weighted by Gasteiger charge is 2.32. The number of amides is 4. The number of ether oxygens (including phenoxy) is 1. The Kier molecular flexibility index (Phi) is 4.31. The SMILES string of the molecule is C[C@H]1Oc2ccc(NC(=O)CN3C(=O)Cc4ccccc4C3=O)cc2NC1=O. The van der Waals surface area contributed by atoms with E-state index in [1.165, 1.54) is 0 Å². The van der Waals surface area contributed by atoms with Gasteiger partial charge >= 0.3 is 0 Å². The van der Waals surface area contributed by atoms with Crippen molar-refractivity contribution in [3.05, 3.63) is 53.6 Å². The molecule has 0 fully saturated rings. The molecule has 2 aromatic rings. The van der Waals surface area contributed by atoms with Crippen molar-refractivity contribution in [1.29, 1.82) is 0 Å². The van der Waals surface area contributed by atoms with Gasteiger partial charge in [0.25, 0.3) is 11.8 Å². The average Bonchev–Trinajstić information content (AvgIpc) is 2.66. The lowest BCUT2D eigenvalue weighted by Crippen LogP contribution is -2.46. The topological polar surface area (TPSA) is 105 Å². The minimum absolute atomic E-state index is 0.0790. The second-order valence-corrected chi connectivity index (χ2v) is 6.63. The number of nitrogens with one attached hydrogen (secondary N) is 2. The highest BCUT2D eigenvalue weighted by atomic mass is 16.5. The van der Waals surface area contributed by atoms with Crippen LogP contribution in [0.4, 0.5) is 11.4 Å². The molecule has 2 N–H and O–H groups in total. The van der Waals surface area contributed by atoms with Crippen LogP contribution in [0.2, 0.25) is 0 Å². The summed E-state index contributed by atoms with van der Waals surface area (Å²) >= 11 is 0. The van der Waals surface area contributed by atoms with E-state index in [-0.39, 0.29) is 18.9 Å². The summed E-state index contributed by atoms with van der Waals surface area (Å²) in [5.74, 6) is -1.19. The summed E-state index contributed by atoms with van der Waals surface area (Å²) in [5.41, 5.74) is 1.95. The second-order valence-electron chi connectivity index (χ2n) is 6.63. The first-order valence-electron chi connectivity index (χ1n) is 8.76. The number of hydrogen-bond acceptors (Lipinski definition) is 5. The molecular weight excluding hydrogens is 362 g/mol. The zero-order chi connectivity index (χ0) is 19.8. The van der Waals surface area contributed by atoms with Gasteiger partial charge in [-0.1, -0.05) is 18.2 Å². The summed E-state index contributed by atoms with van der Waals surface area (Å²) in [6.45, 7) is 1.25. The third-order valence-electron chi connectivity index (χ3n) is 4.63. The van der Waals surface area contributed by atoms with Crippen molar-refractivity contribution in [1.82, 2.24) is 4.90 Å². The van der Waals surface area contributed by atoms with Crippen LogP contribution in [0, 0.1) is 0 Å². The lowest BCUT2D eigenvalue weighted by atomic mass is 9.98. The lowest BCUT2D eigenvalue weighted by molar-refractivity contribution is -0.131. The van der Waals surface area contributed by atoms with E-state index >= 15 is 0 Å². The number of nitrogens with zero attached hydrogens (tertiary/aromatic N) is 1. The van der Waals surface area contributed by atoms with Crippen LogP contribution in [0.25, 0.3) is 0 Å². The quantitative estimate of drug-likeness (QED) is 0.788. The zero-order valence-electron chi connectivity index (χ0n) is 15.0. The van der Waals surface area contributed by atoms with Crippen molar-refractivity contribution in [2.75, 3.05) is 17.2 Å². The van der Waals surface area contributed by atoms with Crippen LogP contribution >= 0.6 is 0 Å². The fraction of sp³-hybridized carbons (Fsp3) is 0.200. The fourth-order valence-corrected chi connectivity index (χ4v) is 3.19. The molecule has 2 heterocycles. The van der Waals surface area contributed by atoms with Gasteiger partial charge in [0.15, 0.2) is 6.10 Å². The maximum atomic E-state index is 12.5. The van der Waals surface area contributed by atoms with E-state index in [4.69, 9.17) is 4.74 Å². The minimum Gasteiger partial charge on any atom is -0.479 e. The Labute approximate surface area is 160 Å². The highest BCUT2D eigenvalue weighted by Crippen LogP contribution is 2.32. The van der Waals surface area contributed by atoms with Gasteiger partial charge in [-0.3, -0.25) is 24.1 Å². The molecule has 4 rings (SSSR count). The van der Waals surface area contributed by atoms with E-state index in [1.54, 1.807) is 49.4 Å². The van der Waals surface area contributed by atoms with Crippen LogP contribution in [-0.2, 0) is 20.8 Å². The van der Waals surface area contributed by atoms with Crippen LogP contribution in [0.3, 0.4) is 0 Å². The number of benzene rings is 2. The number of rotatable bonds is 3. The molecule has 4 amide bonds. The largest absolute Gasteiger partial charge is 0.479 e. The Hall–Kier alpha value is -3.68. The second kappa shape index (κ2) is 6.80. The van der Waals surface area contributed by atoms with Crippen LogP contribution in [0.5, 0.6) is 5.75 Å². The van der Waals surface area contributed by atoms with Crippen molar-refractivity contribution in [2.24, 2.45) is 0 Å². The maximum Gasteiger partial charge on any atom is 0.265 e. The van der Waals surface area contributed by atoms with E-state index < -0.39 is 23.8 Å². The third-order valence-corrected chi connectivity index (χ3v) is 4.63. The van der Waals surface area contributed by atoms with Gasteiger partial charge in [0.2, 0.25) is 11.8 Å². The van der Waals surface area contributed by atoms with Gasteiger partial charge < -0.3 is 15.4 Å². The Morgan fingerprint density at radius 1 is 1.21 bits per heavy atom. The van der Waals surface area contributed by atoms with Crippen LogP contribution in [0.1, 0.15) is 22.8 Å². The van der Waals surface area contributed by atoms with Crippen molar-refractivity contribution >= 4 is 35.0 Å². The molecule has 0 aliphatic carbocycles. The molecule has 2 aromatic carbocycles. The molecule has 0 saturated heterocycles. The molecule has 8 nitrogen and oxygen atoms in total. The van der Waals surface area contributed by atoms with Gasteiger partial charge in [0.05, 0.1) is 12.1 Å². The van der Waals surface area contributed by atoms with Crippen molar-refractivity contribution in [3.8, 4) is 5.75 Å². The number of imide groups is 1. The number of anilines is 2. The van der Waals surface area contributed by atoms with E-state index in [2.05, 4.69) is 10.6 Å². The van der Waals surface area contributed by atoms with E-state index in [1.807, 2.05) is 0 Å². The van der Waals surface area contributed by atoms with Gasteiger partial charge in [-0.25, -0.2) is 0 Å². The summed E-state index contributed by atoms with van der Waals surface area (Å²) in [4.78, 5) is 49.9. The normalized spacial score (nSPS) is 18.0. The summed E-state index contributed by atoms with van der Waals surface area (Å²) in [6.07, 6.45) is -0.512. The minimum atomic E-state index is -0.591. The molecule has 1 atom stereocenters. The van der Waals surface area contributed by atoms with Crippen LogP contribution in [0.15, 0.2) is 42.5 Å². The number of fused-ring (bicyclic) bond motifs is 2. The van der Waals surface area contributed by atoms with Crippen molar-refractivity contribution in [3.63, 3.8) is 0 Å². The Bertz CT molecular complexity index is 1020. The average molecular weight is 379 g/mol. The van der Waals surface area contributed by atoms with Crippen molar-refractivity contribution in [2.45, 2.75) is 19.4 Å². The highest BCUT2D eigenvalue weighted by molar-refractivity contribution is 6.12. The van der Waals surface area contributed by atoms with E-state index in [0.29, 0.717) is 28.3 Å². The predicted molar refractivity (Wildman–Crippen MR) is 100.0 cm³/mol. The molecule has 2 aliphatic rings. The van der Waals surface area contributed by atoms with E-state index in [9.17, 15) is 19.2 Å². The summed E-state index contributed by atoms with van der Waals surface area (Å²) in [5, 5.41) is 5.33. The molecule has 2 aliphatic heterocycles. The first-order valence-corrected chi connectivity index (χ1v) is 8.76. The molecule has 142 valence electrons. The molecule has 28 heavy (non-hydrogen) atoms. The maximum absolute atomic E-state index is 12.5. The predicted octanol–water partition coefficient (Wildman–Crippen LogP) is 1.57. The summed E-state index contributed by atoms with van der Waals surface area (Å²) < 4.78 is 5.46. The number of carbonyl (C=O) groups is 4. The van der Waals surface area contributed by atoms with Gasteiger partial charge in [0.1, 0.15) is 12.3 Å². The number of carbonyl (C=O) groups excluding carboxylic acids is 4. The Morgan fingerprint density at radius 2 is 2.00 bits per heavy atom. The molecule has 8 heteroatoms. The fourth-order valence-electron chi connectivity index (χ4n) is 3.19. The molecule has 0 radical (unpaired) electrons. The van der Waals surface area contributed by atoms with Crippen LogP contribution < -0.4 is 15.4 Å². The smallest absolute Gasteiger partial charge is 0.265 e. The first-order chi connectivity index (χ1) is 13.4. The zero-order valence-corrected chi connectivity index (χ0v) is 15.0. The standard InChI is InChI=1S/C20H17N3O5/c1-11-19(26)22-15-9-13(6-7-16(15)28-11)21-17(24)10-23-18(25)8-12-4-2-3-5-14(12)20(23)27/h2-7,9,11H,8,10H2,1H3,(H,21,24)(H,22,26)/t11-/m1/s1. The molecule has 0 aromatic heterocycles. The third kappa shape index (κ3) is 3.20. The Morgan fingerprint density at radius 3 is 2.82 bits per heavy atom. The molecule has 0 saturated carbocycles. The van der Waals surface area contributed by atoms with Gasteiger partial charge in [0, 0.05) is 11.3 Å². The van der Waals surface area contributed by atoms with Gasteiger partial charge in [-0.05, 0) is 36.8 Å². The molecular formula is C20H17N3O5. The van der Waals surface area contributed by atoms with Gasteiger partial charge in [-0.2, -0.15) is 0 Å². The van der Waals surface area contributed by atoms with Gasteiger partial charge in [-0.15, -0.1) is 0 Å². The first kappa shape index (κ1) is 17.7. The monoisotopic (exact) mass is 379 g/mol. The van der Waals surface area contributed by atoms with Crippen LogP contribution in [-0.4, -0.2) is 41.2 Å². The van der Waals surface area contributed by atoms with Crippen molar-refractivity contribution < 1.29 is 23.9 Å². The summed E-state index contributed by atoms with van der Waals surface area (Å²) in [6, 6.07) is 11.7. The number of hydrogen-bond donors (Lipinski definition) is 2. The lowest BCUT2D eigenvalue weighted by Gasteiger charge is -2.26. The molecule has 0 spiro atoms. The van der Waals surface area contributed by atoms with E-state index in [0.717, 1.165) is 4.90 Å². The summed E-state index contributed by atoms with van der Waals surface area (Å²) in [7, 11) is 0. The molecule has 0 bridgehead atoms. The molecule has 0 unspecified atom stereocenters. The Balaban J connectivity index is 1.47.